The Bertz CT molecular complexity index is 619. The van der Waals surface area contributed by atoms with E-state index < -0.39 is 16.1 Å². The zero-order valence-electron chi connectivity index (χ0n) is 12.2. The Morgan fingerprint density at radius 2 is 2.05 bits per heavy atom. The highest BCUT2D eigenvalue weighted by Gasteiger charge is 2.20. The van der Waals surface area contributed by atoms with E-state index in [1.807, 2.05) is 13.8 Å². The van der Waals surface area contributed by atoms with E-state index in [9.17, 15) is 13.2 Å². The minimum absolute atomic E-state index is 0.0288. The monoisotopic (exact) mass is 333 g/mol. The molecular weight excluding hydrogens is 314 g/mol. The summed E-state index contributed by atoms with van der Waals surface area (Å²) in [4.78, 5) is 12.0. The first-order chi connectivity index (χ1) is 9.64. The summed E-state index contributed by atoms with van der Waals surface area (Å²) in [5, 5.41) is 2.93. The number of benzene rings is 1. The van der Waals surface area contributed by atoms with Gasteiger partial charge in [-0.25, -0.2) is 8.42 Å². The number of nitrogens with two attached hydrogens (primary N) is 1. The fraction of sp³-hybridized carbons (Fsp3) is 0.462. The first-order valence-corrected chi connectivity index (χ1v) is 8.74. The molecule has 0 radical (unpaired) electrons. The van der Waals surface area contributed by atoms with Crippen LogP contribution < -0.4 is 15.8 Å². The summed E-state index contributed by atoms with van der Waals surface area (Å²) >= 11 is 6.00. The second-order valence-corrected chi connectivity index (χ2v) is 7.13. The Morgan fingerprint density at radius 1 is 1.43 bits per heavy atom. The number of nitrogens with one attached hydrogen (secondary N) is 2. The van der Waals surface area contributed by atoms with E-state index in [-0.39, 0.29) is 11.8 Å². The fourth-order valence-corrected chi connectivity index (χ4v) is 2.35. The van der Waals surface area contributed by atoms with Gasteiger partial charge < -0.3 is 11.1 Å². The lowest BCUT2D eigenvalue weighted by atomic mass is 9.99. The van der Waals surface area contributed by atoms with Crippen LogP contribution in [-0.4, -0.2) is 26.6 Å². The minimum Gasteiger partial charge on any atom is -0.323 e. The van der Waals surface area contributed by atoms with Crippen LogP contribution in [0, 0.1) is 5.92 Å². The lowest BCUT2D eigenvalue weighted by Gasteiger charge is -2.18. The molecule has 21 heavy (non-hydrogen) atoms. The zero-order valence-corrected chi connectivity index (χ0v) is 13.8. The summed E-state index contributed by atoms with van der Waals surface area (Å²) < 4.78 is 24.7. The van der Waals surface area contributed by atoms with Crippen LogP contribution in [0.25, 0.3) is 0 Å². The third-order valence-corrected chi connectivity index (χ3v) is 4.02. The molecule has 1 rings (SSSR count). The number of sulfonamides is 1. The molecule has 118 valence electrons. The van der Waals surface area contributed by atoms with Gasteiger partial charge in [0, 0.05) is 0 Å². The minimum atomic E-state index is -3.40. The fourth-order valence-electron chi connectivity index (χ4n) is 1.63. The topological polar surface area (TPSA) is 101 Å². The van der Waals surface area contributed by atoms with Crippen molar-refractivity contribution >= 4 is 38.9 Å². The number of hydrogen-bond acceptors (Lipinski definition) is 4. The van der Waals surface area contributed by atoms with Crippen molar-refractivity contribution in [2.45, 2.75) is 26.3 Å². The quantitative estimate of drug-likeness (QED) is 0.741. The normalized spacial score (nSPS) is 14.3. The number of halogens is 1. The molecular formula is C13H20ClN3O3S. The average Bonchev–Trinajstić information content (AvgIpc) is 2.39. The van der Waals surface area contributed by atoms with Gasteiger partial charge in [-0.2, -0.15) is 0 Å². The van der Waals surface area contributed by atoms with Crippen molar-refractivity contribution in [3.05, 3.63) is 23.2 Å². The second-order valence-electron chi connectivity index (χ2n) is 4.97. The number of carbonyl (C=O) groups is 1. The van der Waals surface area contributed by atoms with Gasteiger partial charge in [0.25, 0.3) is 0 Å². The Balaban J connectivity index is 2.92. The Morgan fingerprint density at radius 3 is 2.57 bits per heavy atom. The van der Waals surface area contributed by atoms with E-state index in [0.29, 0.717) is 16.4 Å². The van der Waals surface area contributed by atoms with E-state index in [2.05, 4.69) is 10.0 Å². The first kappa shape index (κ1) is 17.7. The molecule has 0 saturated carbocycles. The number of carbonyl (C=O) groups excluding carboxylic acids is 1. The van der Waals surface area contributed by atoms with E-state index in [0.717, 1.165) is 12.7 Å². The molecule has 0 aromatic heterocycles. The van der Waals surface area contributed by atoms with E-state index >= 15 is 0 Å². The lowest BCUT2D eigenvalue weighted by Crippen LogP contribution is -2.40. The molecule has 6 nitrogen and oxygen atoms in total. The van der Waals surface area contributed by atoms with Crippen LogP contribution in [0.2, 0.25) is 5.02 Å². The number of rotatable bonds is 6. The summed E-state index contributed by atoms with van der Waals surface area (Å²) in [6.45, 7) is 3.83. The van der Waals surface area contributed by atoms with Crippen LogP contribution >= 0.6 is 11.6 Å². The van der Waals surface area contributed by atoms with Crippen LogP contribution in [0.5, 0.6) is 0 Å². The summed E-state index contributed by atoms with van der Waals surface area (Å²) in [6.07, 6.45) is 1.82. The predicted molar refractivity (Wildman–Crippen MR) is 86.0 cm³/mol. The molecule has 1 amide bonds. The maximum atomic E-state index is 12.0. The van der Waals surface area contributed by atoms with E-state index in [1.165, 1.54) is 18.2 Å². The highest BCUT2D eigenvalue weighted by atomic mass is 35.5. The summed E-state index contributed by atoms with van der Waals surface area (Å²) in [5.74, 6) is -0.330. The average molecular weight is 334 g/mol. The Labute approximate surface area is 130 Å². The van der Waals surface area contributed by atoms with Gasteiger partial charge in [-0.15, -0.1) is 0 Å². The summed E-state index contributed by atoms with van der Waals surface area (Å²) in [7, 11) is -3.40. The van der Waals surface area contributed by atoms with Gasteiger partial charge in [-0.05, 0) is 24.1 Å². The summed E-state index contributed by atoms with van der Waals surface area (Å²) in [5.41, 5.74) is 6.47. The Hall–Kier alpha value is -1.31. The summed E-state index contributed by atoms with van der Waals surface area (Å²) in [6, 6.07) is 3.80. The maximum absolute atomic E-state index is 12.0. The second kappa shape index (κ2) is 7.11. The van der Waals surface area contributed by atoms with Crippen molar-refractivity contribution < 1.29 is 13.2 Å². The molecule has 8 heteroatoms. The molecule has 4 N–H and O–H groups in total. The van der Waals surface area contributed by atoms with E-state index in [4.69, 9.17) is 17.3 Å². The van der Waals surface area contributed by atoms with Crippen LogP contribution in [0.4, 0.5) is 11.4 Å². The first-order valence-electron chi connectivity index (χ1n) is 6.47. The van der Waals surface area contributed by atoms with Gasteiger partial charge in [-0.1, -0.05) is 31.9 Å². The molecule has 1 aromatic carbocycles. The van der Waals surface area contributed by atoms with Gasteiger partial charge in [0.05, 0.1) is 28.7 Å². The number of hydrogen-bond donors (Lipinski definition) is 3. The van der Waals surface area contributed by atoms with Gasteiger partial charge >= 0.3 is 0 Å². The van der Waals surface area contributed by atoms with Crippen LogP contribution in [-0.2, 0) is 14.8 Å². The molecule has 0 aliphatic heterocycles. The van der Waals surface area contributed by atoms with E-state index in [1.54, 1.807) is 0 Å². The van der Waals surface area contributed by atoms with Crippen LogP contribution in [0.3, 0.4) is 0 Å². The molecule has 2 unspecified atom stereocenters. The molecule has 1 aromatic rings. The molecule has 0 bridgehead atoms. The van der Waals surface area contributed by atoms with Crippen molar-refractivity contribution in [2.24, 2.45) is 11.7 Å². The van der Waals surface area contributed by atoms with Crippen molar-refractivity contribution in [1.29, 1.82) is 0 Å². The lowest BCUT2D eigenvalue weighted by molar-refractivity contribution is -0.118. The molecule has 0 spiro atoms. The maximum Gasteiger partial charge on any atom is 0.241 e. The van der Waals surface area contributed by atoms with Gasteiger partial charge in [0.1, 0.15) is 0 Å². The molecule has 0 aliphatic carbocycles. The highest BCUT2D eigenvalue weighted by Crippen LogP contribution is 2.26. The third kappa shape index (κ3) is 5.53. The van der Waals surface area contributed by atoms with Crippen molar-refractivity contribution in [2.75, 3.05) is 16.3 Å². The predicted octanol–water partition coefficient (Wildman–Crippen LogP) is 2.02. The number of anilines is 2. The number of amides is 1. The molecule has 2 atom stereocenters. The molecule has 0 heterocycles. The van der Waals surface area contributed by atoms with Crippen molar-refractivity contribution in [1.82, 2.24) is 0 Å². The standard InChI is InChI=1S/C13H20ClN3O3S/c1-4-8(2)12(15)13(18)16-11-7-9(5-6-10(11)14)17-21(3,19)20/h5-8,12,17H,4,15H2,1-3H3,(H,16,18). The van der Waals surface area contributed by atoms with Crippen LogP contribution in [0.15, 0.2) is 18.2 Å². The zero-order chi connectivity index (χ0) is 16.2. The molecule has 0 saturated heterocycles. The highest BCUT2D eigenvalue weighted by molar-refractivity contribution is 7.92. The van der Waals surface area contributed by atoms with Gasteiger partial charge in [-0.3, -0.25) is 9.52 Å². The Kier molecular flexibility index (Phi) is 6.00. The van der Waals surface area contributed by atoms with Gasteiger partial charge in [0.2, 0.25) is 15.9 Å². The van der Waals surface area contributed by atoms with Crippen molar-refractivity contribution in [3.63, 3.8) is 0 Å². The third-order valence-electron chi connectivity index (χ3n) is 3.09. The van der Waals surface area contributed by atoms with Gasteiger partial charge in [0.15, 0.2) is 0 Å². The molecule has 0 aliphatic rings. The largest absolute Gasteiger partial charge is 0.323 e. The molecule has 0 fully saturated rings. The van der Waals surface area contributed by atoms with Crippen molar-refractivity contribution in [3.8, 4) is 0 Å². The smallest absolute Gasteiger partial charge is 0.241 e. The SMILES string of the molecule is CCC(C)C(N)C(=O)Nc1cc(NS(C)(=O)=O)ccc1Cl. The van der Waals surface area contributed by atoms with Crippen LogP contribution in [0.1, 0.15) is 20.3 Å².